The van der Waals surface area contributed by atoms with Crippen LogP contribution >= 0.6 is 0 Å². The zero-order valence-corrected chi connectivity index (χ0v) is 22.6. The van der Waals surface area contributed by atoms with Gasteiger partial charge in [-0.15, -0.1) is 0 Å². The number of phenols is 1. The number of benzene rings is 2. The Bertz CT molecular complexity index is 1410. The second kappa shape index (κ2) is 12.4. The molecule has 2 aliphatic rings. The number of carboxylic acid groups (broad SMARTS) is 1. The molecule has 216 valence electrons. The van der Waals surface area contributed by atoms with E-state index in [0.29, 0.717) is 25.8 Å². The Labute approximate surface area is 237 Å². The number of nitrogens with zero attached hydrogens (tertiary/aromatic N) is 1. The maximum atomic E-state index is 13.8. The van der Waals surface area contributed by atoms with Gasteiger partial charge in [-0.2, -0.15) is 0 Å². The summed E-state index contributed by atoms with van der Waals surface area (Å²) in [5, 5.41) is 29.1. The van der Waals surface area contributed by atoms with Crippen molar-refractivity contribution < 1.29 is 29.4 Å². The molecule has 4 unspecified atom stereocenters. The SMILES string of the molecule is O=C(O)C(Cc1c[nH]c2ccccc12)NC(=O)C1CCCN1C(=O)C(Cc1ccc(O)cc1)NC(=O)C1CCCN1. The van der Waals surface area contributed by atoms with Crippen molar-refractivity contribution in [3.8, 4) is 5.75 Å². The minimum absolute atomic E-state index is 0.0830. The Balaban J connectivity index is 1.30. The minimum Gasteiger partial charge on any atom is -0.508 e. The van der Waals surface area contributed by atoms with Gasteiger partial charge in [-0.05, 0) is 61.6 Å². The number of amides is 3. The summed E-state index contributed by atoms with van der Waals surface area (Å²) < 4.78 is 0. The van der Waals surface area contributed by atoms with Crippen molar-refractivity contribution >= 4 is 34.6 Å². The van der Waals surface area contributed by atoms with Gasteiger partial charge < -0.3 is 36.0 Å². The van der Waals surface area contributed by atoms with Gasteiger partial charge in [-0.1, -0.05) is 30.3 Å². The molecule has 2 saturated heterocycles. The number of carbonyl (C=O) groups is 4. The molecule has 2 fully saturated rings. The first-order valence-corrected chi connectivity index (χ1v) is 14.0. The molecule has 11 nitrogen and oxygen atoms in total. The maximum absolute atomic E-state index is 13.8. The van der Waals surface area contributed by atoms with Crippen LogP contribution < -0.4 is 16.0 Å². The van der Waals surface area contributed by atoms with E-state index in [4.69, 9.17) is 0 Å². The molecule has 5 rings (SSSR count). The molecular formula is C30H35N5O6. The number of likely N-dealkylation sites (tertiary alicyclic amines) is 1. The van der Waals surface area contributed by atoms with Crippen molar-refractivity contribution in [3.63, 3.8) is 0 Å². The van der Waals surface area contributed by atoms with E-state index in [9.17, 15) is 29.4 Å². The Kier molecular flexibility index (Phi) is 8.53. The molecule has 0 bridgehead atoms. The first-order valence-electron chi connectivity index (χ1n) is 14.0. The number of hydrogen-bond donors (Lipinski definition) is 6. The molecule has 41 heavy (non-hydrogen) atoms. The number of rotatable bonds is 10. The summed E-state index contributed by atoms with van der Waals surface area (Å²) in [6, 6.07) is 10.6. The number of aromatic hydroxyl groups is 1. The number of carbonyl (C=O) groups excluding carboxylic acids is 3. The fourth-order valence-corrected chi connectivity index (χ4v) is 5.74. The molecule has 2 aliphatic heterocycles. The number of carboxylic acids is 1. The van der Waals surface area contributed by atoms with Gasteiger partial charge in [0.15, 0.2) is 0 Å². The van der Waals surface area contributed by atoms with E-state index in [1.54, 1.807) is 18.3 Å². The third kappa shape index (κ3) is 6.51. The topological polar surface area (TPSA) is 164 Å². The number of aliphatic carboxylic acids is 1. The highest BCUT2D eigenvalue weighted by Crippen LogP contribution is 2.23. The number of para-hydroxylation sites is 1. The number of nitrogens with one attached hydrogen (secondary N) is 4. The highest BCUT2D eigenvalue weighted by molar-refractivity contribution is 5.95. The zero-order valence-electron chi connectivity index (χ0n) is 22.6. The third-order valence-electron chi connectivity index (χ3n) is 7.92. The molecule has 6 N–H and O–H groups in total. The number of H-pyrrole nitrogens is 1. The van der Waals surface area contributed by atoms with Crippen molar-refractivity contribution in [1.29, 1.82) is 0 Å². The average molecular weight is 562 g/mol. The highest BCUT2D eigenvalue weighted by atomic mass is 16.4. The van der Waals surface area contributed by atoms with Gasteiger partial charge in [-0.25, -0.2) is 4.79 Å². The standard InChI is InChI=1S/C30H35N5O6/c36-20-11-9-18(10-12-20)15-24(33-27(37)23-7-3-13-31-23)29(39)35-14-4-8-26(35)28(38)34-25(30(40)41)16-19-17-32-22-6-2-1-5-21(19)22/h1-2,5-6,9-12,17,23-26,31-32,36H,3-4,7-8,13-16H2,(H,33,37)(H,34,38)(H,40,41). The summed E-state index contributed by atoms with van der Waals surface area (Å²) in [5.41, 5.74) is 2.38. The smallest absolute Gasteiger partial charge is 0.326 e. The Morgan fingerprint density at radius 2 is 1.68 bits per heavy atom. The van der Waals surface area contributed by atoms with Crippen molar-refractivity contribution in [2.75, 3.05) is 13.1 Å². The molecule has 4 atom stereocenters. The van der Waals surface area contributed by atoms with Crippen LogP contribution in [0.1, 0.15) is 36.8 Å². The molecule has 3 aromatic rings. The predicted molar refractivity (Wildman–Crippen MR) is 151 cm³/mol. The van der Waals surface area contributed by atoms with E-state index in [1.165, 1.54) is 17.0 Å². The Hall–Kier alpha value is -4.38. The molecular weight excluding hydrogens is 526 g/mol. The van der Waals surface area contributed by atoms with Crippen LogP contribution in [-0.2, 0) is 32.0 Å². The van der Waals surface area contributed by atoms with Gasteiger partial charge in [-0.3, -0.25) is 14.4 Å². The lowest BCUT2D eigenvalue weighted by Crippen LogP contribution is -2.57. The molecule has 3 amide bonds. The van der Waals surface area contributed by atoms with E-state index >= 15 is 0 Å². The van der Waals surface area contributed by atoms with E-state index in [2.05, 4.69) is 20.9 Å². The lowest BCUT2D eigenvalue weighted by Gasteiger charge is -2.30. The van der Waals surface area contributed by atoms with Crippen molar-refractivity contribution in [1.82, 2.24) is 25.8 Å². The number of phenolic OH excluding ortho intramolecular Hbond substituents is 1. The molecule has 0 saturated carbocycles. The van der Waals surface area contributed by atoms with E-state index in [0.717, 1.165) is 35.0 Å². The van der Waals surface area contributed by atoms with Gasteiger partial charge >= 0.3 is 5.97 Å². The first kappa shape index (κ1) is 28.2. The molecule has 1 aromatic heterocycles. The van der Waals surface area contributed by atoms with Crippen molar-refractivity contribution in [3.05, 3.63) is 65.9 Å². The molecule has 0 spiro atoms. The van der Waals surface area contributed by atoms with Gasteiger partial charge in [0.2, 0.25) is 17.7 Å². The van der Waals surface area contributed by atoms with E-state index in [1.807, 2.05) is 24.3 Å². The van der Waals surface area contributed by atoms with Crippen molar-refractivity contribution in [2.24, 2.45) is 0 Å². The number of fused-ring (bicyclic) bond motifs is 1. The van der Waals surface area contributed by atoms with Crippen LogP contribution in [0.4, 0.5) is 0 Å². The second-order valence-electron chi connectivity index (χ2n) is 10.7. The largest absolute Gasteiger partial charge is 0.508 e. The van der Waals surface area contributed by atoms with Gasteiger partial charge in [0.1, 0.15) is 23.9 Å². The van der Waals surface area contributed by atoms with Crippen LogP contribution in [0.3, 0.4) is 0 Å². The molecule has 3 heterocycles. The normalized spacial score (nSPS) is 20.0. The summed E-state index contributed by atoms with van der Waals surface area (Å²) in [5.74, 6) is -2.28. The van der Waals surface area contributed by atoms with Crippen LogP contribution in [0.15, 0.2) is 54.7 Å². The summed E-state index contributed by atoms with van der Waals surface area (Å²) in [4.78, 5) is 56.9. The predicted octanol–water partition coefficient (Wildman–Crippen LogP) is 1.46. The van der Waals surface area contributed by atoms with Crippen molar-refractivity contribution in [2.45, 2.75) is 62.7 Å². The fourth-order valence-electron chi connectivity index (χ4n) is 5.74. The maximum Gasteiger partial charge on any atom is 0.326 e. The third-order valence-corrected chi connectivity index (χ3v) is 7.92. The summed E-state index contributed by atoms with van der Waals surface area (Å²) in [6.07, 6.45) is 4.52. The lowest BCUT2D eigenvalue weighted by molar-refractivity contribution is -0.144. The quantitative estimate of drug-likeness (QED) is 0.218. The monoisotopic (exact) mass is 561 g/mol. The van der Waals surface area contributed by atoms with Gasteiger partial charge in [0.25, 0.3) is 0 Å². The van der Waals surface area contributed by atoms with Gasteiger partial charge in [0, 0.05) is 36.5 Å². The number of hydrogen-bond acceptors (Lipinski definition) is 6. The molecule has 2 aromatic carbocycles. The van der Waals surface area contributed by atoms with Crippen LogP contribution in [-0.4, -0.2) is 81.0 Å². The number of aromatic amines is 1. The second-order valence-corrected chi connectivity index (χ2v) is 10.7. The van der Waals surface area contributed by atoms with Crippen LogP contribution in [0.2, 0.25) is 0 Å². The van der Waals surface area contributed by atoms with E-state index < -0.39 is 35.9 Å². The lowest BCUT2D eigenvalue weighted by atomic mass is 10.0. The summed E-state index contributed by atoms with van der Waals surface area (Å²) in [6.45, 7) is 1.05. The Morgan fingerprint density at radius 3 is 2.41 bits per heavy atom. The zero-order chi connectivity index (χ0) is 28.9. The summed E-state index contributed by atoms with van der Waals surface area (Å²) >= 11 is 0. The fraction of sp³-hybridized carbons (Fsp3) is 0.400. The van der Waals surface area contributed by atoms with Crippen LogP contribution in [0, 0.1) is 0 Å². The molecule has 11 heteroatoms. The Morgan fingerprint density at radius 1 is 0.927 bits per heavy atom. The van der Waals surface area contributed by atoms with Crippen LogP contribution in [0.5, 0.6) is 5.75 Å². The highest BCUT2D eigenvalue weighted by Gasteiger charge is 2.39. The average Bonchev–Trinajstić information content (AvgIpc) is 3.74. The number of aromatic nitrogens is 1. The molecule has 0 radical (unpaired) electrons. The molecule has 0 aliphatic carbocycles. The van der Waals surface area contributed by atoms with Crippen LogP contribution in [0.25, 0.3) is 10.9 Å². The van der Waals surface area contributed by atoms with E-state index in [-0.39, 0.29) is 30.5 Å². The minimum atomic E-state index is -1.18. The van der Waals surface area contributed by atoms with Gasteiger partial charge in [0.05, 0.1) is 6.04 Å². The first-order chi connectivity index (χ1) is 19.8. The summed E-state index contributed by atoms with van der Waals surface area (Å²) in [7, 11) is 0.